The van der Waals surface area contributed by atoms with Crippen molar-refractivity contribution in [2.75, 3.05) is 14.1 Å². The van der Waals surface area contributed by atoms with Crippen molar-refractivity contribution < 1.29 is 13.2 Å². The average molecular weight is 360 g/mol. The SMILES string of the molecule is Cc1ccc(C)c(C(C)NC(=O)c2cccc(S(=O)(=O)N(C)C)c2)c1. The lowest BCUT2D eigenvalue weighted by molar-refractivity contribution is 0.0939. The molecular weight excluding hydrogens is 336 g/mol. The molecule has 1 atom stereocenters. The van der Waals surface area contributed by atoms with Gasteiger partial charge in [-0.2, -0.15) is 0 Å². The molecule has 0 bridgehead atoms. The van der Waals surface area contributed by atoms with Crippen LogP contribution in [-0.4, -0.2) is 32.7 Å². The molecule has 0 heterocycles. The molecule has 0 saturated heterocycles. The number of amides is 1. The summed E-state index contributed by atoms with van der Waals surface area (Å²) in [6, 6.07) is 12.0. The molecule has 6 heteroatoms. The molecule has 5 nitrogen and oxygen atoms in total. The van der Waals surface area contributed by atoms with Gasteiger partial charge in [-0.15, -0.1) is 0 Å². The second kappa shape index (κ2) is 7.37. The van der Waals surface area contributed by atoms with Gasteiger partial charge in [0.2, 0.25) is 10.0 Å². The van der Waals surface area contributed by atoms with Crippen LogP contribution in [0.3, 0.4) is 0 Å². The predicted octanol–water partition coefficient (Wildman–Crippen LogP) is 3.04. The van der Waals surface area contributed by atoms with E-state index in [0.29, 0.717) is 5.56 Å². The molecule has 0 fully saturated rings. The fraction of sp³-hybridized carbons (Fsp3) is 0.316. The normalized spacial score (nSPS) is 12.9. The molecule has 1 amide bonds. The number of aryl methyl sites for hydroxylation is 2. The number of carbonyl (C=O) groups excluding carboxylic acids is 1. The van der Waals surface area contributed by atoms with Gasteiger partial charge in [0.15, 0.2) is 0 Å². The summed E-state index contributed by atoms with van der Waals surface area (Å²) in [6.07, 6.45) is 0. The number of nitrogens with zero attached hydrogens (tertiary/aromatic N) is 1. The van der Waals surface area contributed by atoms with Gasteiger partial charge >= 0.3 is 0 Å². The van der Waals surface area contributed by atoms with Gasteiger partial charge in [-0.1, -0.05) is 29.8 Å². The molecule has 2 rings (SSSR count). The predicted molar refractivity (Wildman–Crippen MR) is 99.1 cm³/mol. The Morgan fingerprint density at radius 2 is 1.76 bits per heavy atom. The first-order chi connectivity index (χ1) is 11.6. The van der Waals surface area contributed by atoms with E-state index >= 15 is 0 Å². The summed E-state index contributed by atoms with van der Waals surface area (Å²) in [4.78, 5) is 12.7. The van der Waals surface area contributed by atoms with Crippen LogP contribution in [0.1, 0.15) is 40.0 Å². The summed E-state index contributed by atoms with van der Waals surface area (Å²) in [5.74, 6) is -0.302. The van der Waals surface area contributed by atoms with E-state index in [-0.39, 0.29) is 16.8 Å². The zero-order valence-electron chi connectivity index (χ0n) is 15.2. The summed E-state index contributed by atoms with van der Waals surface area (Å²) in [7, 11) is -0.647. The van der Waals surface area contributed by atoms with E-state index in [0.717, 1.165) is 21.0 Å². The molecule has 0 spiro atoms. The van der Waals surface area contributed by atoms with E-state index in [9.17, 15) is 13.2 Å². The van der Waals surface area contributed by atoms with Crippen LogP contribution in [0.25, 0.3) is 0 Å². The minimum atomic E-state index is -3.57. The summed E-state index contributed by atoms with van der Waals surface area (Å²) in [5, 5.41) is 2.94. The standard InChI is InChI=1S/C19H24N2O3S/c1-13-9-10-14(2)18(11-13)15(3)20-19(22)16-7-6-8-17(12-16)25(23,24)21(4)5/h6-12,15H,1-5H3,(H,20,22). The molecule has 0 aliphatic rings. The Balaban J connectivity index is 2.26. The van der Waals surface area contributed by atoms with Gasteiger partial charge in [0.1, 0.15) is 0 Å². The Kier molecular flexibility index (Phi) is 5.65. The maximum absolute atomic E-state index is 12.6. The Labute approximate surface area is 149 Å². The van der Waals surface area contributed by atoms with Gasteiger partial charge in [0.05, 0.1) is 10.9 Å². The van der Waals surface area contributed by atoms with E-state index in [1.54, 1.807) is 12.1 Å². The molecule has 0 aliphatic carbocycles. The second-order valence-electron chi connectivity index (χ2n) is 6.37. The number of sulfonamides is 1. The zero-order valence-corrected chi connectivity index (χ0v) is 16.0. The third-order valence-electron chi connectivity index (χ3n) is 4.12. The molecule has 134 valence electrons. The molecule has 0 aromatic heterocycles. The van der Waals surface area contributed by atoms with Crippen molar-refractivity contribution in [2.45, 2.75) is 31.7 Å². The number of hydrogen-bond acceptors (Lipinski definition) is 3. The smallest absolute Gasteiger partial charge is 0.251 e. The zero-order chi connectivity index (χ0) is 18.8. The molecule has 1 N–H and O–H groups in total. The summed E-state index contributed by atoms with van der Waals surface area (Å²) in [6.45, 7) is 5.93. The highest BCUT2D eigenvalue weighted by molar-refractivity contribution is 7.89. The van der Waals surface area contributed by atoms with Gasteiger partial charge in [0, 0.05) is 19.7 Å². The van der Waals surface area contributed by atoms with Crippen LogP contribution in [0, 0.1) is 13.8 Å². The molecule has 1 unspecified atom stereocenters. The van der Waals surface area contributed by atoms with Gasteiger partial charge in [-0.3, -0.25) is 4.79 Å². The third-order valence-corrected chi connectivity index (χ3v) is 5.93. The Hall–Kier alpha value is -2.18. The molecule has 0 radical (unpaired) electrons. The molecule has 0 aliphatic heterocycles. The second-order valence-corrected chi connectivity index (χ2v) is 8.52. The lowest BCUT2D eigenvalue weighted by Gasteiger charge is -2.18. The Bertz CT molecular complexity index is 889. The van der Waals surface area contributed by atoms with Crippen LogP contribution >= 0.6 is 0 Å². The fourth-order valence-electron chi connectivity index (χ4n) is 2.59. The van der Waals surface area contributed by atoms with E-state index in [4.69, 9.17) is 0 Å². The highest BCUT2D eigenvalue weighted by atomic mass is 32.2. The molecule has 25 heavy (non-hydrogen) atoms. The van der Waals surface area contributed by atoms with Crippen LogP contribution < -0.4 is 5.32 Å². The van der Waals surface area contributed by atoms with Crippen LogP contribution in [0.15, 0.2) is 47.4 Å². The quantitative estimate of drug-likeness (QED) is 0.891. The third kappa shape index (κ3) is 4.27. The van der Waals surface area contributed by atoms with Gasteiger partial charge in [0.25, 0.3) is 5.91 Å². The fourth-order valence-corrected chi connectivity index (χ4v) is 3.54. The first-order valence-electron chi connectivity index (χ1n) is 8.03. The van der Waals surface area contributed by atoms with Crippen molar-refractivity contribution in [3.63, 3.8) is 0 Å². The van der Waals surface area contributed by atoms with Crippen molar-refractivity contribution in [1.29, 1.82) is 0 Å². The first kappa shape index (κ1) is 19.1. The molecule has 2 aromatic carbocycles. The van der Waals surface area contributed by atoms with Crippen molar-refractivity contribution in [2.24, 2.45) is 0 Å². The number of hydrogen-bond donors (Lipinski definition) is 1. The van der Waals surface area contributed by atoms with Gasteiger partial charge in [-0.05, 0) is 50.1 Å². The highest BCUT2D eigenvalue weighted by Gasteiger charge is 2.19. The molecule has 0 saturated carbocycles. The molecular formula is C19H24N2O3S. The van der Waals surface area contributed by atoms with Crippen molar-refractivity contribution in [3.8, 4) is 0 Å². The minimum Gasteiger partial charge on any atom is -0.346 e. The number of benzene rings is 2. The van der Waals surface area contributed by atoms with Crippen LogP contribution in [0.5, 0.6) is 0 Å². The molecule has 2 aromatic rings. The van der Waals surface area contributed by atoms with Crippen LogP contribution in [-0.2, 0) is 10.0 Å². The topological polar surface area (TPSA) is 66.5 Å². The monoisotopic (exact) mass is 360 g/mol. The largest absolute Gasteiger partial charge is 0.346 e. The average Bonchev–Trinajstić information content (AvgIpc) is 2.56. The van der Waals surface area contributed by atoms with E-state index in [1.165, 1.54) is 26.2 Å². The van der Waals surface area contributed by atoms with Crippen molar-refractivity contribution >= 4 is 15.9 Å². The van der Waals surface area contributed by atoms with Crippen molar-refractivity contribution in [1.82, 2.24) is 9.62 Å². The summed E-state index contributed by atoms with van der Waals surface area (Å²) in [5.41, 5.74) is 3.59. The Morgan fingerprint density at radius 1 is 1.08 bits per heavy atom. The first-order valence-corrected chi connectivity index (χ1v) is 9.47. The lowest BCUT2D eigenvalue weighted by Crippen LogP contribution is -2.28. The van der Waals surface area contributed by atoms with Crippen LogP contribution in [0.2, 0.25) is 0 Å². The van der Waals surface area contributed by atoms with Crippen LogP contribution in [0.4, 0.5) is 0 Å². The maximum atomic E-state index is 12.6. The van der Waals surface area contributed by atoms with Crippen molar-refractivity contribution in [3.05, 3.63) is 64.7 Å². The van der Waals surface area contributed by atoms with Gasteiger partial charge in [-0.25, -0.2) is 12.7 Å². The number of rotatable bonds is 5. The minimum absolute atomic E-state index is 0.101. The van der Waals surface area contributed by atoms with Gasteiger partial charge < -0.3 is 5.32 Å². The number of nitrogens with one attached hydrogen (secondary N) is 1. The number of carbonyl (C=O) groups is 1. The summed E-state index contributed by atoms with van der Waals surface area (Å²) < 4.78 is 25.6. The highest BCUT2D eigenvalue weighted by Crippen LogP contribution is 2.20. The Morgan fingerprint density at radius 3 is 2.40 bits per heavy atom. The summed E-state index contributed by atoms with van der Waals surface area (Å²) >= 11 is 0. The lowest BCUT2D eigenvalue weighted by atomic mass is 10.00. The van der Waals surface area contributed by atoms with E-state index in [1.807, 2.05) is 39.0 Å². The van der Waals surface area contributed by atoms with E-state index < -0.39 is 10.0 Å². The maximum Gasteiger partial charge on any atom is 0.251 e. The van der Waals surface area contributed by atoms with E-state index in [2.05, 4.69) is 5.32 Å².